The molecule has 0 heterocycles. The van der Waals surface area contributed by atoms with Gasteiger partial charge in [-0.25, -0.2) is 4.39 Å². The molecule has 1 amide bonds. The number of carbonyl (C=O) groups excluding carboxylic acids is 1. The molecule has 0 saturated carbocycles. The molecule has 0 bridgehead atoms. The Balaban J connectivity index is 1.85. The average molecular weight is 402 g/mol. The number of carbonyl (C=O) groups is 1. The van der Waals surface area contributed by atoms with Crippen molar-refractivity contribution in [2.75, 3.05) is 39.2 Å². The van der Waals surface area contributed by atoms with Gasteiger partial charge in [0.25, 0.3) is 5.91 Å². The van der Waals surface area contributed by atoms with Gasteiger partial charge >= 0.3 is 0 Å². The second-order valence-corrected chi connectivity index (χ2v) is 6.14. The molecule has 29 heavy (non-hydrogen) atoms. The summed E-state index contributed by atoms with van der Waals surface area (Å²) >= 11 is 0. The highest BCUT2D eigenvalue weighted by Gasteiger charge is 2.09. The zero-order valence-corrected chi connectivity index (χ0v) is 17.1. The molecule has 2 aromatic carbocycles. The molecular weight excluding hydrogens is 375 g/mol. The van der Waals surface area contributed by atoms with E-state index in [1.54, 1.807) is 33.2 Å². The van der Waals surface area contributed by atoms with E-state index >= 15 is 0 Å². The Labute approximate surface area is 170 Å². The Hall–Kier alpha value is -3.29. The molecular formula is C21H27FN4O3. The monoisotopic (exact) mass is 402 g/mol. The molecule has 0 aliphatic rings. The minimum atomic E-state index is -0.397. The van der Waals surface area contributed by atoms with E-state index in [1.807, 2.05) is 25.1 Å². The maximum atomic E-state index is 13.6. The van der Waals surface area contributed by atoms with Gasteiger partial charge in [0.05, 0.1) is 13.7 Å². The number of amides is 1. The molecule has 0 unspecified atom stereocenters. The van der Waals surface area contributed by atoms with Gasteiger partial charge in [-0.2, -0.15) is 0 Å². The van der Waals surface area contributed by atoms with Crippen molar-refractivity contribution in [1.29, 1.82) is 0 Å². The molecule has 3 N–H and O–H groups in total. The summed E-state index contributed by atoms with van der Waals surface area (Å²) < 4.78 is 24.4. The summed E-state index contributed by atoms with van der Waals surface area (Å²) in [4.78, 5) is 16.3. The number of halogens is 1. The maximum absolute atomic E-state index is 13.6. The highest BCUT2D eigenvalue weighted by Crippen LogP contribution is 2.30. The van der Waals surface area contributed by atoms with Gasteiger partial charge in [0, 0.05) is 37.5 Å². The lowest BCUT2D eigenvalue weighted by Crippen LogP contribution is -2.37. The van der Waals surface area contributed by atoms with Crippen molar-refractivity contribution in [2.45, 2.75) is 13.8 Å². The number of rotatable bonds is 8. The van der Waals surface area contributed by atoms with E-state index in [9.17, 15) is 9.18 Å². The van der Waals surface area contributed by atoms with Crippen molar-refractivity contribution >= 4 is 17.6 Å². The predicted molar refractivity (Wildman–Crippen MR) is 113 cm³/mol. The van der Waals surface area contributed by atoms with E-state index in [1.165, 1.54) is 6.07 Å². The van der Waals surface area contributed by atoms with E-state index in [4.69, 9.17) is 9.47 Å². The second-order valence-electron chi connectivity index (χ2n) is 6.14. The van der Waals surface area contributed by atoms with Crippen LogP contribution in [0.4, 0.5) is 10.1 Å². The van der Waals surface area contributed by atoms with Crippen molar-refractivity contribution in [1.82, 2.24) is 10.6 Å². The van der Waals surface area contributed by atoms with Crippen LogP contribution in [-0.2, 0) is 0 Å². The standard InChI is InChI=1S/C21H27FN4O3/c1-5-29-19-13-16(8-9-18(19)28-4)26-21(23-3)25-11-10-24-20(27)15-7-6-14(2)17(22)12-15/h6-9,12-13H,5,10-11H2,1-4H3,(H,24,27)(H2,23,25,26). The Bertz CT molecular complexity index is 871. The van der Waals surface area contributed by atoms with E-state index in [0.717, 1.165) is 5.69 Å². The van der Waals surface area contributed by atoms with E-state index in [0.29, 0.717) is 42.7 Å². The predicted octanol–water partition coefficient (Wildman–Crippen LogP) is 2.96. The number of guanidine groups is 1. The Morgan fingerprint density at radius 3 is 2.52 bits per heavy atom. The van der Waals surface area contributed by atoms with Crippen LogP contribution in [0.2, 0.25) is 0 Å². The molecule has 7 nitrogen and oxygen atoms in total. The Morgan fingerprint density at radius 2 is 1.86 bits per heavy atom. The van der Waals surface area contributed by atoms with Gasteiger partial charge in [-0.3, -0.25) is 9.79 Å². The van der Waals surface area contributed by atoms with Crippen molar-refractivity contribution in [3.8, 4) is 11.5 Å². The number of nitrogens with one attached hydrogen (secondary N) is 3. The summed E-state index contributed by atoms with van der Waals surface area (Å²) in [6, 6.07) is 9.89. The van der Waals surface area contributed by atoms with Crippen molar-refractivity contribution in [2.24, 2.45) is 4.99 Å². The lowest BCUT2D eigenvalue weighted by atomic mass is 10.1. The van der Waals surface area contributed by atoms with Crippen molar-refractivity contribution < 1.29 is 18.7 Å². The molecule has 2 rings (SSSR count). The van der Waals surface area contributed by atoms with Gasteiger partial charge in [0.15, 0.2) is 17.5 Å². The molecule has 0 saturated heterocycles. The van der Waals surface area contributed by atoms with Crippen LogP contribution in [0, 0.1) is 12.7 Å². The SMILES string of the molecule is CCOc1cc(NC(=NC)NCCNC(=O)c2ccc(C)c(F)c2)ccc1OC. The van der Waals surface area contributed by atoms with E-state index < -0.39 is 5.82 Å². The van der Waals surface area contributed by atoms with Gasteiger partial charge in [0.2, 0.25) is 0 Å². The molecule has 0 aliphatic heterocycles. The normalized spacial score (nSPS) is 11.0. The van der Waals surface area contributed by atoms with Crippen LogP contribution in [0.25, 0.3) is 0 Å². The molecule has 156 valence electrons. The summed E-state index contributed by atoms with van der Waals surface area (Å²) in [6.45, 7) is 4.87. The summed E-state index contributed by atoms with van der Waals surface area (Å²) in [5.41, 5.74) is 1.57. The first kappa shape index (κ1) is 22.0. The minimum Gasteiger partial charge on any atom is -0.493 e. The summed E-state index contributed by atoms with van der Waals surface area (Å²) in [5, 5.41) is 9.00. The highest BCUT2D eigenvalue weighted by molar-refractivity contribution is 5.95. The summed E-state index contributed by atoms with van der Waals surface area (Å²) in [5.74, 6) is 1.09. The van der Waals surface area contributed by atoms with Crippen LogP contribution < -0.4 is 25.4 Å². The Kier molecular flexibility index (Phi) is 8.27. The smallest absolute Gasteiger partial charge is 0.251 e. The van der Waals surface area contributed by atoms with Crippen LogP contribution in [0.1, 0.15) is 22.8 Å². The first-order chi connectivity index (χ1) is 14.0. The number of hydrogen-bond donors (Lipinski definition) is 3. The largest absolute Gasteiger partial charge is 0.493 e. The topological polar surface area (TPSA) is 84.0 Å². The number of methoxy groups -OCH3 is 1. The molecule has 0 atom stereocenters. The van der Waals surface area contributed by atoms with Crippen LogP contribution in [0.3, 0.4) is 0 Å². The average Bonchev–Trinajstić information content (AvgIpc) is 2.72. The number of aliphatic imine (C=N–C) groups is 1. The summed E-state index contributed by atoms with van der Waals surface area (Å²) in [6.07, 6.45) is 0. The number of aryl methyl sites for hydroxylation is 1. The van der Waals surface area contributed by atoms with Crippen LogP contribution in [0.5, 0.6) is 11.5 Å². The fourth-order valence-corrected chi connectivity index (χ4v) is 2.53. The van der Waals surface area contributed by atoms with Gasteiger partial charge < -0.3 is 25.4 Å². The van der Waals surface area contributed by atoms with Gasteiger partial charge in [-0.1, -0.05) is 6.07 Å². The number of benzene rings is 2. The fraction of sp³-hybridized carbons (Fsp3) is 0.333. The van der Waals surface area contributed by atoms with E-state index in [2.05, 4.69) is 20.9 Å². The molecule has 0 aromatic heterocycles. The summed E-state index contributed by atoms with van der Waals surface area (Å²) in [7, 11) is 3.24. The van der Waals surface area contributed by atoms with Gasteiger partial charge in [0.1, 0.15) is 5.82 Å². The molecule has 8 heteroatoms. The minimum absolute atomic E-state index is 0.289. The number of nitrogens with zero attached hydrogens (tertiary/aromatic N) is 1. The maximum Gasteiger partial charge on any atom is 0.251 e. The molecule has 2 aromatic rings. The quantitative estimate of drug-likeness (QED) is 0.359. The molecule has 0 radical (unpaired) electrons. The molecule has 0 fully saturated rings. The number of hydrogen-bond acceptors (Lipinski definition) is 4. The number of ether oxygens (including phenoxy) is 2. The third kappa shape index (κ3) is 6.38. The van der Waals surface area contributed by atoms with E-state index in [-0.39, 0.29) is 11.5 Å². The Morgan fingerprint density at radius 1 is 1.10 bits per heavy atom. The van der Waals surface area contributed by atoms with Crippen LogP contribution >= 0.6 is 0 Å². The van der Waals surface area contributed by atoms with Gasteiger partial charge in [-0.15, -0.1) is 0 Å². The fourth-order valence-electron chi connectivity index (χ4n) is 2.53. The lowest BCUT2D eigenvalue weighted by Gasteiger charge is -2.15. The van der Waals surface area contributed by atoms with Crippen LogP contribution in [0.15, 0.2) is 41.4 Å². The first-order valence-electron chi connectivity index (χ1n) is 9.31. The third-order valence-corrected chi connectivity index (χ3v) is 4.09. The van der Waals surface area contributed by atoms with Crippen LogP contribution in [-0.4, -0.2) is 45.7 Å². The third-order valence-electron chi connectivity index (χ3n) is 4.09. The highest BCUT2D eigenvalue weighted by atomic mass is 19.1. The number of anilines is 1. The molecule has 0 aliphatic carbocycles. The van der Waals surface area contributed by atoms with Crippen molar-refractivity contribution in [3.63, 3.8) is 0 Å². The zero-order chi connectivity index (χ0) is 21.2. The van der Waals surface area contributed by atoms with Crippen molar-refractivity contribution in [3.05, 3.63) is 53.3 Å². The second kappa shape index (κ2) is 10.9. The first-order valence-corrected chi connectivity index (χ1v) is 9.31. The van der Waals surface area contributed by atoms with Gasteiger partial charge in [-0.05, 0) is 43.7 Å². The lowest BCUT2D eigenvalue weighted by molar-refractivity contribution is 0.0954. The molecule has 0 spiro atoms. The zero-order valence-electron chi connectivity index (χ0n) is 17.1.